The summed E-state index contributed by atoms with van der Waals surface area (Å²) in [6, 6.07) is 5.19. The standard InChI is InChI=1S/C21H26F3N3O3.H2/c22-21(23,24)16-3-1-14(2-4-16)11-15-5-8-26(9-6-15)20(29)27-10-7-18-17(12-27)25-19(28)13-30-18;/h1-4,15,17-18H,5-13H2,(H,25,28);1H/t17-,18-;/m0./s1. The highest BCUT2D eigenvalue weighted by atomic mass is 19.4. The van der Waals surface area contributed by atoms with Crippen molar-refractivity contribution in [2.75, 3.05) is 32.8 Å². The Morgan fingerprint density at radius 2 is 1.77 bits per heavy atom. The first-order valence-electron chi connectivity index (χ1n) is 10.4. The molecule has 166 valence electrons. The first-order valence-corrected chi connectivity index (χ1v) is 10.4. The molecule has 30 heavy (non-hydrogen) atoms. The van der Waals surface area contributed by atoms with Crippen LogP contribution in [0, 0.1) is 5.92 Å². The number of hydrogen-bond acceptors (Lipinski definition) is 3. The maximum absolute atomic E-state index is 12.9. The van der Waals surface area contributed by atoms with Gasteiger partial charge in [-0.05, 0) is 49.3 Å². The zero-order valence-corrected chi connectivity index (χ0v) is 16.7. The molecule has 4 rings (SSSR count). The highest BCUT2D eigenvalue weighted by Crippen LogP contribution is 2.30. The van der Waals surface area contributed by atoms with Crippen LogP contribution in [0.15, 0.2) is 24.3 Å². The minimum Gasteiger partial charge on any atom is -0.366 e. The van der Waals surface area contributed by atoms with E-state index in [1.165, 1.54) is 0 Å². The van der Waals surface area contributed by atoms with Gasteiger partial charge in [0, 0.05) is 27.6 Å². The molecule has 1 aromatic carbocycles. The lowest BCUT2D eigenvalue weighted by Gasteiger charge is -2.43. The normalized spacial score (nSPS) is 25.6. The summed E-state index contributed by atoms with van der Waals surface area (Å²) < 4.78 is 43.6. The minimum atomic E-state index is -4.31. The molecule has 6 nitrogen and oxygen atoms in total. The zero-order valence-electron chi connectivity index (χ0n) is 16.7. The summed E-state index contributed by atoms with van der Waals surface area (Å²) in [5.74, 6) is 0.206. The van der Waals surface area contributed by atoms with Crippen LogP contribution in [0.5, 0.6) is 0 Å². The monoisotopic (exact) mass is 427 g/mol. The number of likely N-dealkylation sites (tertiary alicyclic amines) is 2. The largest absolute Gasteiger partial charge is 0.416 e. The molecule has 3 aliphatic rings. The Hall–Kier alpha value is -2.29. The van der Waals surface area contributed by atoms with Gasteiger partial charge in [-0.15, -0.1) is 0 Å². The van der Waals surface area contributed by atoms with Gasteiger partial charge >= 0.3 is 12.2 Å². The Morgan fingerprint density at radius 3 is 2.43 bits per heavy atom. The summed E-state index contributed by atoms with van der Waals surface area (Å²) in [6.07, 6.45) is -1.26. The number of morpholine rings is 1. The average molecular weight is 427 g/mol. The number of nitrogens with zero attached hydrogens (tertiary/aromatic N) is 2. The van der Waals surface area contributed by atoms with Crippen molar-refractivity contribution in [3.05, 3.63) is 35.4 Å². The Morgan fingerprint density at radius 1 is 1.10 bits per heavy atom. The number of urea groups is 1. The van der Waals surface area contributed by atoms with Crippen molar-refractivity contribution in [3.63, 3.8) is 0 Å². The van der Waals surface area contributed by atoms with Gasteiger partial charge < -0.3 is 19.9 Å². The van der Waals surface area contributed by atoms with Gasteiger partial charge in [-0.25, -0.2) is 4.79 Å². The topological polar surface area (TPSA) is 61.9 Å². The number of piperidine rings is 2. The molecule has 0 aliphatic carbocycles. The Kier molecular flexibility index (Phi) is 5.90. The number of hydrogen-bond donors (Lipinski definition) is 1. The van der Waals surface area contributed by atoms with Crippen LogP contribution in [0.2, 0.25) is 0 Å². The smallest absolute Gasteiger partial charge is 0.366 e. The van der Waals surface area contributed by atoms with Gasteiger partial charge in [0.05, 0.1) is 17.7 Å². The molecular formula is C21H28F3N3O3. The van der Waals surface area contributed by atoms with Gasteiger partial charge in [0.1, 0.15) is 6.61 Å². The number of carbonyl (C=O) groups is 2. The summed E-state index contributed by atoms with van der Waals surface area (Å²) >= 11 is 0. The summed E-state index contributed by atoms with van der Waals surface area (Å²) in [6.45, 7) is 2.43. The molecule has 0 bridgehead atoms. The summed E-state index contributed by atoms with van der Waals surface area (Å²) in [4.78, 5) is 28.1. The van der Waals surface area contributed by atoms with E-state index in [0.717, 1.165) is 37.0 Å². The number of nitrogens with one attached hydrogen (secondary N) is 1. The van der Waals surface area contributed by atoms with Crippen molar-refractivity contribution in [1.82, 2.24) is 15.1 Å². The number of rotatable bonds is 2. The molecule has 3 amide bonds. The van der Waals surface area contributed by atoms with Gasteiger partial charge in [-0.3, -0.25) is 4.79 Å². The van der Waals surface area contributed by atoms with E-state index in [1.54, 1.807) is 17.0 Å². The van der Waals surface area contributed by atoms with E-state index in [1.807, 2.05) is 4.90 Å². The lowest BCUT2D eigenvalue weighted by atomic mass is 9.90. The van der Waals surface area contributed by atoms with E-state index >= 15 is 0 Å². The van der Waals surface area contributed by atoms with Crippen molar-refractivity contribution >= 4 is 11.9 Å². The first kappa shape index (κ1) is 21.0. The molecule has 3 heterocycles. The fourth-order valence-electron chi connectivity index (χ4n) is 4.57. The number of carbonyl (C=O) groups excluding carboxylic acids is 2. The quantitative estimate of drug-likeness (QED) is 0.790. The molecule has 0 radical (unpaired) electrons. The second-order valence-electron chi connectivity index (χ2n) is 8.37. The zero-order chi connectivity index (χ0) is 21.3. The number of fused-ring (bicyclic) bond motifs is 1. The van der Waals surface area contributed by atoms with Crippen LogP contribution in [0.1, 0.15) is 31.8 Å². The fourth-order valence-corrected chi connectivity index (χ4v) is 4.57. The van der Waals surface area contributed by atoms with Crippen LogP contribution < -0.4 is 5.32 Å². The molecule has 0 spiro atoms. The number of benzene rings is 1. The molecule has 2 atom stereocenters. The van der Waals surface area contributed by atoms with Crippen LogP contribution >= 0.6 is 0 Å². The average Bonchev–Trinajstić information content (AvgIpc) is 2.73. The third-order valence-electron chi connectivity index (χ3n) is 6.29. The molecule has 9 heteroatoms. The van der Waals surface area contributed by atoms with E-state index in [0.29, 0.717) is 38.5 Å². The van der Waals surface area contributed by atoms with Crippen molar-refractivity contribution < 1.29 is 28.9 Å². The third kappa shape index (κ3) is 4.71. The van der Waals surface area contributed by atoms with Crippen LogP contribution in [0.25, 0.3) is 0 Å². The highest BCUT2D eigenvalue weighted by Gasteiger charge is 2.38. The summed E-state index contributed by atoms with van der Waals surface area (Å²) in [5.41, 5.74) is 0.262. The second kappa shape index (κ2) is 8.45. The van der Waals surface area contributed by atoms with E-state index in [2.05, 4.69) is 5.32 Å². The van der Waals surface area contributed by atoms with Gasteiger partial charge in [0.25, 0.3) is 0 Å². The number of alkyl halides is 3. The molecule has 0 saturated carbocycles. The predicted molar refractivity (Wildman–Crippen MR) is 105 cm³/mol. The number of halogens is 3. The Bertz CT molecular complexity index is 782. The van der Waals surface area contributed by atoms with Gasteiger partial charge in [0.2, 0.25) is 5.91 Å². The van der Waals surface area contributed by atoms with E-state index in [4.69, 9.17) is 4.74 Å². The van der Waals surface area contributed by atoms with Crippen LogP contribution in [-0.2, 0) is 22.1 Å². The van der Waals surface area contributed by atoms with Crippen molar-refractivity contribution in [2.45, 2.75) is 44.0 Å². The molecular weight excluding hydrogens is 399 g/mol. The van der Waals surface area contributed by atoms with Crippen LogP contribution in [0.4, 0.5) is 18.0 Å². The van der Waals surface area contributed by atoms with Crippen molar-refractivity contribution in [3.8, 4) is 0 Å². The van der Waals surface area contributed by atoms with E-state index < -0.39 is 11.7 Å². The molecule has 1 N–H and O–H groups in total. The van der Waals surface area contributed by atoms with Gasteiger partial charge in [0.15, 0.2) is 0 Å². The summed E-state index contributed by atoms with van der Waals surface area (Å²) in [5, 5.41) is 2.91. The van der Waals surface area contributed by atoms with E-state index in [9.17, 15) is 22.8 Å². The molecule has 3 fully saturated rings. The highest BCUT2D eigenvalue weighted by molar-refractivity contribution is 5.79. The van der Waals surface area contributed by atoms with Crippen LogP contribution in [-0.4, -0.2) is 66.7 Å². The lowest BCUT2D eigenvalue weighted by Crippen LogP contribution is -2.62. The SMILES string of the molecule is O=C1CO[C@H]2CCN(C(=O)N3CCC(Cc4ccc(C(F)(F)F)cc4)CC3)C[C@@H]2N1.[HH]. The minimum absolute atomic E-state index is 0. The Labute approximate surface area is 174 Å². The summed E-state index contributed by atoms with van der Waals surface area (Å²) in [7, 11) is 0. The Balaban J connectivity index is 0.00000272. The predicted octanol–water partition coefficient (Wildman–Crippen LogP) is 2.92. The molecule has 3 saturated heterocycles. The lowest BCUT2D eigenvalue weighted by molar-refractivity contribution is -0.140. The number of amides is 3. The van der Waals surface area contributed by atoms with Crippen molar-refractivity contribution in [1.29, 1.82) is 0 Å². The van der Waals surface area contributed by atoms with Gasteiger partial charge in [-0.2, -0.15) is 13.2 Å². The molecule has 3 aliphatic heterocycles. The van der Waals surface area contributed by atoms with Crippen LogP contribution in [0.3, 0.4) is 0 Å². The van der Waals surface area contributed by atoms with E-state index in [-0.39, 0.29) is 32.1 Å². The first-order chi connectivity index (χ1) is 14.3. The second-order valence-corrected chi connectivity index (χ2v) is 8.37. The molecule has 1 aromatic rings. The maximum Gasteiger partial charge on any atom is 0.416 e. The van der Waals surface area contributed by atoms with Crippen molar-refractivity contribution in [2.24, 2.45) is 5.92 Å². The number of ether oxygens (including phenoxy) is 1. The maximum atomic E-state index is 12.9. The van der Waals surface area contributed by atoms with Gasteiger partial charge in [-0.1, -0.05) is 12.1 Å². The fraction of sp³-hybridized carbons (Fsp3) is 0.619. The molecule has 0 unspecified atom stereocenters. The molecule has 0 aromatic heterocycles. The third-order valence-corrected chi connectivity index (χ3v) is 6.29.